The van der Waals surface area contributed by atoms with Crippen molar-refractivity contribution in [1.82, 2.24) is 5.32 Å². The molecule has 9 heteroatoms. The highest BCUT2D eigenvalue weighted by molar-refractivity contribution is 5.94. The third-order valence-electron chi connectivity index (χ3n) is 3.17. The highest BCUT2D eigenvalue weighted by Gasteiger charge is 2.39. The summed E-state index contributed by atoms with van der Waals surface area (Å²) in [5, 5.41) is 14.3. The molecule has 0 spiro atoms. The van der Waals surface area contributed by atoms with Gasteiger partial charge in [0.05, 0.1) is 6.61 Å². The van der Waals surface area contributed by atoms with Crippen molar-refractivity contribution in [3.63, 3.8) is 0 Å². The minimum Gasteiger partial charge on any atom is -0.409 e. The third kappa shape index (κ3) is 4.87. The molecule has 0 bridgehead atoms. The van der Waals surface area contributed by atoms with Crippen LogP contribution in [0.1, 0.15) is 32.1 Å². The Bertz CT molecular complexity index is 366. The first kappa shape index (κ1) is 16.5. The van der Waals surface area contributed by atoms with Crippen molar-refractivity contribution < 1.29 is 27.9 Å². The predicted octanol–water partition coefficient (Wildman–Crippen LogP) is 1.13. The SMILES string of the molecule is NC(=NO)C1(NC(=O)CCOCC(F)(F)F)CCCC1. The van der Waals surface area contributed by atoms with E-state index in [4.69, 9.17) is 10.9 Å². The van der Waals surface area contributed by atoms with Gasteiger partial charge >= 0.3 is 6.18 Å². The Hall–Kier alpha value is -1.51. The van der Waals surface area contributed by atoms with Gasteiger partial charge in [-0.3, -0.25) is 4.79 Å². The predicted molar refractivity (Wildman–Crippen MR) is 64.2 cm³/mol. The quantitative estimate of drug-likeness (QED) is 0.225. The van der Waals surface area contributed by atoms with E-state index in [0.29, 0.717) is 12.8 Å². The van der Waals surface area contributed by atoms with Gasteiger partial charge in [-0.05, 0) is 12.8 Å². The van der Waals surface area contributed by atoms with Crippen LogP contribution in [0.3, 0.4) is 0 Å². The van der Waals surface area contributed by atoms with E-state index in [1.54, 1.807) is 0 Å². The van der Waals surface area contributed by atoms with E-state index < -0.39 is 24.2 Å². The second kappa shape index (κ2) is 6.78. The normalized spacial score (nSPS) is 19.1. The van der Waals surface area contributed by atoms with Gasteiger partial charge in [0.15, 0.2) is 5.84 Å². The van der Waals surface area contributed by atoms with Gasteiger partial charge in [0.25, 0.3) is 0 Å². The van der Waals surface area contributed by atoms with Crippen LogP contribution in [0, 0.1) is 0 Å². The Morgan fingerprint density at radius 2 is 2.00 bits per heavy atom. The number of hydrogen-bond donors (Lipinski definition) is 3. The van der Waals surface area contributed by atoms with Crippen molar-refractivity contribution in [2.75, 3.05) is 13.2 Å². The van der Waals surface area contributed by atoms with Crippen LogP contribution in [0.15, 0.2) is 5.16 Å². The summed E-state index contributed by atoms with van der Waals surface area (Å²) in [4.78, 5) is 11.7. The lowest BCUT2D eigenvalue weighted by Gasteiger charge is -2.28. The number of rotatable bonds is 6. The minimum absolute atomic E-state index is 0.0837. The molecular formula is C11H18F3N3O3. The van der Waals surface area contributed by atoms with Gasteiger partial charge in [-0.25, -0.2) is 0 Å². The molecule has 1 aliphatic carbocycles. The number of hydrogen-bond acceptors (Lipinski definition) is 4. The van der Waals surface area contributed by atoms with Crippen molar-refractivity contribution in [2.24, 2.45) is 10.9 Å². The Morgan fingerprint density at radius 3 is 2.50 bits per heavy atom. The summed E-state index contributed by atoms with van der Waals surface area (Å²) in [6.45, 7) is -1.72. The fraction of sp³-hybridized carbons (Fsp3) is 0.818. The van der Waals surface area contributed by atoms with E-state index in [1.165, 1.54) is 0 Å². The summed E-state index contributed by atoms with van der Waals surface area (Å²) >= 11 is 0. The third-order valence-corrected chi connectivity index (χ3v) is 3.17. The number of oxime groups is 1. The topological polar surface area (TPSA) is 96.9 Å². The number of carbonyl (C=O) groups is 1. The molecule has 1 aliphatic rings. The first-order valence-electron chi connectivity index (χ1n) is 6.22. The van der Waals surface area contributed by atoms with Crippen LogP contribution in [0.5, 0.6) is 0 Å². The van der Waals surface area contributed by atoms with E-state index in [9.17, 15) is 18.0 Å². The number of nitrogens with zero attached hydrogens (tertiary/aromatic N) is 1. The summed E-state index contributed by atoms with van der Waals surface area (Å²) in [7, 11) is 0. The molecule has 1 fully saturated rings. The van der Waals surface area contributed by atoms with Crippen molar-refractivity contribution >= 4 is 11.7 Å². The molecule has 0 aromatic carbocycles. The van der Waals surface area contributed by atoms with Crippen LogP contribution in [0.2, 0.25) is 0 Å². The number of amidine groups is 1. The fourth-order valence-electron chi connectivity index (χ4n) is 2.20. The Balaban J connectivity index is 2.40. The standard InChI is InChI=1S/C11H18F3N3O3/c12-11(13,14)7-20-6-3-8(18)16-10(9(15)17-19)4-1-2-5-10/h19H,1-7H2,(H2,15,17)(H,16,18). The lowest BCUT2D eigenvalue weighted by atomic mass is 9.96. The average Bonchev–Trinajstić information content (AvgIpc) is 2.82. The highest BCUT2D eigenvalue weighted by Crippen LogP contribution is 2.30. The van der Waals surface area contributed by atoms with E-state index in [0.717, 1.165) is 12.8 Å². The second-order valence-electron chi connectivity index (χ2n) is 4.74. The molecule has 0 radical (unpaired) electrons. The van der Waals surface area contributed by atoms with Gasteiger partial charge in [0, 0.05) is 6.42 Å². The number of nitrogens with one attached hydrogen (secondary N) is 1. The van der Waals surface area contributed by atoms with Gasteiger partial charge in [0.1, 0.15) is 12.1 Å². The molecule has 0 heterocycles. The molecule has 0 unspecified atom stereocenters. The molecule has 1 amide bonds. The lowest BCUT2D eigenvalue weighted by molar-refractivity contribution is -0.174. The van der Waals surface area contributed by atoms with Crippen LogP contribution in [0.25, 0.3) is 0 Å². The lowest BCUT2D eigenvalue weighted by Crippen LogP contribution is -2.55. The van der Waals surface area contributed by atoms with E-state index in [1.807, 2.05) is 0 Å². The molecule has 0 aliphatic heterocycles. The smallest absolute Gasteiger partial charge is 0.409 e. The van der Waals surface area contributed by atoms with E-state index in [-0.39, 0.29) is 18.9 Å². The molecule has 0 atom stereocenters. The summed E-state index contributed by atoms with van der Waals surface area (Å²) < 4.78 is 39.9. The highest BCUT2D eigenvalue weighted by atomic mass is 19.4. The molecule has 0 aromatic rings. The molecule has 116 valence electrons. The monoisotopic (exact) mass is 297 g/mol. The minimum atomic E-state index is -4.41. The Labute approximate surface area is 114 Å². The van der Waals surface area contributed by atoms with Crippen molar-refractivity contribution in [1.29, 1.82) is 0 Å². The van der Waals surface area contributed by atoms with Crippen molar-refractivity contribution in [3.8, 4) is 0 Å². The number of amides is 1. The molecule has 0 aromatic heterocycles. The molecule has 1 saturated carbocycles. The number of ether oxygens (including phenoxy) is 1. The zero-order valence-electron chi connectivity index (χ0n) is 10.9. The zero-order valence-corrected chi connectivity index (χ0v) is 10.9. The van der Waals surface area contributed by atoms with Crippen LogP contribution in [0.4, 0.5) is 13.2 Å². The molecule has 20 heavy (non-hydrogen) atoms. The van der Waals surface area contributed by atoms with Gasteiger partial charge < -0.3 is 21.0 Å². The van der Waals surface area contributed by atoms with Crippen molar-refractivity contribution in [3.05, 3.63) is 0 Å². The number of halogens is 3. The maximum Gasteiger partial charge on any atom is 0.411 e. The summed E-state index contributed by atoms with van der Waals surface area (Å²) in [5.74, 6) is -0.569. The fourth-order valence-corrected chi connectivity index (χ4v) is 2.20. The molecule has 4 N–H and O–H groups in total. The van der Waals surface area contributed by atoms with Crippen LogP contribution in [-0.2, 0) is 9.53 Å². The Kier molecular flexibility index (Phi) is 5.61. The molecular weight excluding hydrogens is 279 g/mol. The van der Waals surface area contributed by atoms with E-state index >= 15 is 0 Å². The number of carbonyl (C=O) groups excluding carboxylic acids is 1. The van der Waals surface area contributed by atoms with Crippen LogP contribution < -0.4 is 11.1 Å². The summed E-state index contributed by atoms with van der Waals surface area (Å²) in [6, 6.07) is 0. The van der Waals surface area contributed by atoms with Crippen molar-refractivity contribution in [2.45, 2.75) is 43.8 Å². The first-order chi connectivity index (χ1) is 9.29. The van der Waals surface area contributed by atoms with Gasteiger partial charge in [-0.1, -0.05) is 18.0 Å². The van der Waals surface area contributed by atoms with Crippen LogP contribution >= 0.6 is 0 Å². The molecule has 0 saturated heterocycles. The second-order valence-corrected chi connectivity index (χ2v) is 4.74. The van der Waals surface area contributed by atoms with E-state index in [2.05, 4.69) is 15.2 Å². The van der Waals surface area contributed by atoms with Gasteiger partial charge in [-0.2, -0.15) is 13.2 Å². The molecule has 6 nitrogen and oxygen atoms in total. The maximum absolute atomic E-state index is 11.8. The zero-order chi connectivity index (χ0) is 15.2. The number of nitrogens with two attached hydrogens (primary N) is 1. The Morgan fingerprint density at radius 1 is 1.40 bits per heavy atom. The van der Waals surface area contributed by atoms with Gasteiger partial charge in [-0.15, -0.1) is 0 Å². The number of alkyl halides is 3. The first-order valence-corrected chi connectivity index (χ1v) is 6.22. The van der Waals surface area contributed by atoms with Gasteiger partial charge in [0.2, 0.25) is 5.91 Å². The van der Waals surface area contributed by atoms with Crippen LogP contribution in [-0.4, -0.2) is 41.9 Å². The molecule has 1 rings (SSSR count). The summed E-state index contributed by atoms with van der Waals surface area (Å²) in [5.41, 5.74) is 4.69. The average molecular weight is 297 g/mol. The largest absolute Gasteiger partial charge is 0.411 e. The summed E-state index contributed by atoms with van der Waals surface area (Å²) in [6.07, 6.45) is -1.90. The maximum atomic E-state index is 11.8.